The van der Waals surface area contributed by atoms with Gasteiger partial charge < -0.3 is 20.1 Å². The van der Waals surface area contributed by atoms with E-state index in [1.807, 2.05) is 38.2 Å². The summed E-state index contributed by atoms with van der Waals surface area (Å²) in [5, 5.41) is 6.00. The average Bonchev–Trinajstić information content (AvgIpc) is 2.61. The summed E-state index contributed by atoms with van der Waals surface area (Å²) >= 11 is 0. The molecule has 1 saturated heterocycles. The van der Waals surface area contributed by atoms with Gasteiger partial charge >= 0.3 is 0 Å². The first-order valence-corrected chi connectivity index (χ1v) is 8.64. The van der Waals surface area contributed by atoms with E-state index >= 15 is 0 Å². The van der Waals surface area contributed by atoms with E-state index in [9.17, 15) is 4.79 Å². The van der Waals surface area contributed by atoms with E-state index < -0.39 is 0 Å². The van der Waals surface area contributed by atoms with Crippen LogP contribution in [0.4, 0.5) is 0 Å². The second-order valence-electron chi connectivity index (χ2n) is 6.09. The number of benzene rings is 1. The van der Waals surface area contributed by atoms with E-state index in [0.29, 0.717) is 19.7 Å². The zero-order valence-electron chi connectivity index (χ0n) is 15.5. The van der Waals surface area contributed by atoms with Crippen LogP contribution in [-0.4, -0.2) is 63.9 Å². The second-order valence-corrected chi connectivity index (χ2v) is 6.09. The Morgan fingerprint density at radius 3 is 2.65 bits per heavy atom. The number of para-hydroxylation sites is 1. The van der Waals surface area contributed by atoms with Crippen LogP contribution in [0, 0.1) is 5.92 Å². The molecular weight excluding hydrogens is 377 g/mol. The van der Waals surface area contributed by atoms with Gasteiger partial charge in [0.1, 0.15) is 12.4 Å². The fourth-order valence-corrected chi connectivity index (χ4v) is 2.66. The number of amides is 1. The van der Waals surface area contributed by atoms with Gasteiger partial charge in [-0.1, -0.05) is 25.1 Å². The minimum atomic E-state index is -0.0515. The number of carbonyl (C=O) groups is 1. The molecule has 0 radical (unpaired) electrons. The molecule has 0 spiro atoms. The van der Waals surface area contributed by atoms with Gasteiger partial charge in [-0.15, -0.1) is 24.8 Å². The summed E-state index contributed by atoms with van der Waals surface area (Å²) in [7, 11) is 1.85. The molecule has 0 saturated carbocycles. The van der Waals surface area contributed by atoms with E-state index in [1.54, 1.807) is 0 Å². The molecule has 26 heavy (non-hydrogen) atoms. The van der Waals surface area contributed by atoms with Crippen molar-refractivity contribution in [2.24, 2.45) is 5.92 Å². The molecule has 6 nitrogen and oxygen atoms in total. The van der Waals surface area contributed by atoms with Gasteiger partial charge in [-0.25, -0.2) is 0 Å². The summed E-state index contributed by atoms with van der Waals surface area (Å²) in [6.07, 6.45) is 0. The third kappa shape index (κ3) is 8.56. The average molecular weight is 408 g/mol. The summed E-state index contributed by atoms with van der Waals surface area (Å²) in [5.41, 5.74) is 1.00. The van der Waals surface area contributed by atoms with E-state index in [2.05, 4.69) is 15.5 Å². The van der Waals surface area contributed by atoms with Crippen molar-refractivity contribution in [1.29, 1.82) is 0 Å². The van der Waals surface area contributed by atoms with E-state index in [-0.39, 0.29) is 36.6 Å². The molecule has 1 aromatic carbocycles. The number of hydrogen-bond donors (Lipinski definition) is 2. The number of rotatable bonds is 9. The molecule has 1 aliphatic heterocycles. The third-order valence-electron chi connectivity index (χ3n) is 4.15. The molecule has 2 rings (SSSR count). The topological polar surface area (TPSA) is 62.8 Å². The molecule has 0 bridgehead atoms. The van der Waals surface area contributed by atoms with E-state index in [0.717, 1.165) is 44.2 Å². The van der Waals surface area contributed by atoms with Crippen LogP contribution in [0.3, 0.4) is 0 Å². The highest BCUT2D eigenvalue weighted by molar-refractivity contribution is 5.85. The molecule has 150 valence electrons. The molecular formula is C18H31Cl2N3O3. The van der Waals surface area contributed by atoms with Gasteiger partial charge in [0.15, 0.2) is 0 Å². The minimum Gasteiger partial charge on any atom is -0.492 e. The summed E-state index contributed by atoms with van der Waals surface area (Å²) < 4.78 is 11.3. The van der Waals surface area contributed by atoms with Crippen molar-refractivity contribution in [3.05, 3.63) is 29.8 Å². The highest BCUT2D eigenvalue weighted by atomic mass is 35.5. The number of nitrogens with zero attached hydrogens (tertiary/aromatic N) is 1. The standard InChI is InChI=1S/C18H29N3O3.2ClH/c1-15(13-19-2)18(22)20-14-16-5-3-4-6-17(16)24-12-9-21-7-10-23-11-8-21;;/h3-6,15,19H,7-14H2,1-2H3,(H,20,22);2*1H. The Bertz CT molecular complexity index is 514. The number of carbonyl (C=O) groups excluding carboxylic acids is 1. The van der Waals surface area contributed by atoms with Crippen molar-refractivity contribution in [1.82, 2.24) is 15.5 Å². The van der Waals surface area contributed by atoms with Crippen molar-refractivity contribution in [3.8, 4) is 5.75 Å². The third-order valence-corrected chi connectivity index (χ3v) is 4.15. The Balaban J connectivity index is 0.00000312. The number of halogens is 2. The maximum Gasteiger partial charge on any atom is 0.224 e. The Morgan fingerprint density at radius 1 is 1.27 bits per heavy atom. The molecule has 1 heterocycles. The lowest BCUT2D eigenvalue weighted by Gasteiger charge is -2.26. The van der Waals surface area contributed by atoms with Crippen LogP contribution in [0.15, 0.2) is 24.3 Å². The predicted molar refractivity (Wildman–Crippen MR) is 109 cm³/mol. The molecule has 0 aliphatic carbocycles. The molecule has 1 fully saturated rings. The lowest BCUT2D eigenvalue weighted by atomic mass is 10.1. The highest BCUT2D eigenvalue weighted by Crippen LogP contribution is 2.18. The Morgan fingerprint density at radius 2 is 1.96 bits per heavy atom. The maximum atomic E-state index is 12.0. The summed E-state index contributed by atoms with van der Waals surface area (Å²) in [4.78, 5) is 14.4. The summed E-state index contributed by atoms with van der Waals surface area (Å²) in [6.45, 7) is 8.13. The smallest absolute Gasteiger partial charge is 0.224 e. The SMILES string of the molecule is CNCC(C)C(=O)NCc1ccccc1OCCN1CCOCC1.Cl.Cl. The van der Waals surface area contributed by atoms with Gasteiger partial charge in [0, 0.05) is 44.2 Å². The van der Waals surface area contributed by atoms with E-state index in [1.165, 1.54) is 0 Å². The zero-order valence-corrected chi connectivity index (χ0v) is 17.2. The molecule has 1 aliphatic rings. The number of nitrogens with one attached hydrogen (secondary N) is 2. The largest absolute Gasteiger partial charge is 0.492 e. The number of ether oxygens (including phenoxy) is 2. The molecule has 1 amide bonds. The molecule has 2 N–H and O–H groups in total. The van der Waals surface area contributed by atoms with Gasteiger partial charge in [0.05, 0.1) is 13.2 Å². The maximum absolute atomic E-state index is 12.0. The van der Waals surface area contributed by atoms with Crippen LogP contribution in [0.25, 0.3) is 0 Å². The minimum absolute atomic E-state index is 0. The zero-order chi connectivity index (χ0) is 17.2. The fraction of sp³-hybridized carbons (Fsp3) is 0.611. The lowest BCUT2D eigenvalue weighted by molar-refractivity contribution is -0.124. The van der Waals surface area contributed by atoms with Crippen molar-refractivity contribution in [3.63, 3.8) is 0 Å². The Hall–Kier alpha value is -1.05. The summed E-state index contributed by atoms with van der Waals surface area (Å²) in [6, 6.07) is 7.87. The Kier molecular flexibility index (Phi) is 13.5. The Labute approximate surface area is 168 Å². The van der Waals surface area contributed by atoms with Gasteiger partial charge in [0.2, 0.25) is 5.91 Å². The van der Waals surface area contributed by atoms with Crippen LogP contribution in [0.1, 0.15) is 12.5 Å². The molecule has 1 atom stereocenters. The van der Waals surface area contributed by atoms with Crippen molar-refractivity contribution < 1.29 is 14.3 Å². The normalized spacial score (nSPS) is 15.3. The number of morpholine rings is 1. The van der Waals surface area contributed by atoms with Crippen LogP contribution in [-0.2, 0) is 16.1 Å². The van der Waals surface area contributed by atoms with Gasteiger partial charge in [-0.3, -0.25) is 9.69 Å². The van der Waals surface area contributed by atoms with Crippen LogP contribution in [0.2, 0.25) is 0 Å². The quantitative estimate of drug-likeness (QED) is 0.652. The van der Waals surface area contributed by atoms with Crippen molar-refractivity contribution >= 4 is 30.7 Å². The monoisotopic (exact) mass is 407 g/mol. The van der Waals surface area contributed by atoms with Gasteiger partial charge in [0.25, 0.3) is 0 Å². The van der Waals surface area contributed by atoms with Gasteiger partial charge in [-0.05, 0) is 13.1 Å². The second kappa shape index (κ2) is 14.1. The lowest BCUT2D eigenvalue weighted by Crippen LogP contribution is -2.38. The first-order valence-electron chi connectivity index (χ1n) is 8.64. The first-order chi connectivity index (χ1) is 11.7. The van der Waals surface area contributed by atoms with Gasteiger partial charge in [-0.2, -0.15) is 0 Å². The van der Waals surface area contributed by atoms with Crippen molar-refractivity contribution in [2.75, 3.05) is 53.0 Å². The van der Waals surface area contributed by atoms with Crippen molar-refractivity contribution in [2.45, 2.75) is 13.5 Å². The number of hydrogen-bond acceptors (Lipinski definition) is 5. The van der Waals surface area contributed by atoms with E-state index in [4.69, 9.17) is 9.47 Å². The molecule has 1 aromatic rings. The van der Waals surface area contributed by atoms with Crippen LogP contribution in [0.5, 0.6) is 5.75 Å². The molecule has 1 unspecified atom stereocenters. The first kappa shape index (κ1) is 24.9. The summed E-state index contributed by atoms with van der Waals surface area (Å²) in [5.74, 6) is 0.837. The highest BCUT2D eigenvalue weighted by Gasteiger charge is 2.13. The predicted octanol–water partition coefficient (Wildman–Crippen LogP) is 1.71. The van der Waals surface area contributed by atoms with Crippen LogP contribution >= 0.6 is 24.8 Å². The van der Waals surface area contributed by atoms with Crippen LogP contribution < -0.4 is 15.4 Å². The molecule has 8 heteroatoms. The fourth-order valence-electron chi connectivity index (χ4n) is 2.66. The molecule has 0 aromatic heterocycles.